The van der Waals surface area contributed by atoms with Crippen LogP contribution in [0.3, 0.4) is 0 Å². The SMILES string of the molecule is [C+]#Cc1ccc(F)cc1. The van der Waals surface area contributed by atoms with Crippen LogP contribution in [0, 0.1) is 18.2 Å². The van der Waals surface area contributed by atoms with E-state index in [1.165, 1.54) is 24.3 Å². The molecule has 0 bridgehead atoms. The molecule has 1 aromatic rings. The summed E-state index contributed by atoms with van der Waals surface area (Å²) in [5.41, 5.74) is 0.594. The van der Waals surface area contributed by atoms with Gasteiger partial charge in [0.2, 0.25) is 0 Å². The topological polar surface area (TPSA) is 0 Å². The van der Waals surface area contributed by atoms with E-state index in [1.54, 1.807) is 0 Å². The molecule has 0 aliphatic rings. The van der Waals surface area contributed by atoms with Crippen molar-refractivity contribution >= 4 is 0 Å². The number of halogens is 1. The van der Waals surface area contributed by atoms with Crippen LogP contribution in [0.25, 0.3) is 0 Å². The van der Waals surface area contributed by atoms with Gasteiger partial charge in [0.05, 0.1) is 0 Å². The first kappa shape index (κ1) is 6.06. The first-order chi connectivity index (χ1) is 4.33. The molecule has 1 aromatic carbocycles. The van der Waals surface area contributed by atoms with Crippen LogP contribution in [0.1, 0.15) is 5.56 Å². The minimum atomic E-state index is -0.283. The van der Waals surface area contributed by atoms with Crippen molar-refractivity contribution in [3.05, 3.63) is 42.1 Å². The summed E-state index contributed by atoms with van der Waals surface area (Å²) in [5.74, 6) is 1.85. The van der Waals surface area contributed by atoms with E-state index in [0.717, 1.165) is 0 Å². The Morgan fingerprint density at radius 1 is 1.22 bits per heavy atom. The number of hydrogen-bond acceptors (Lipinski definition) is 0. The van der Waals surface area contributed by atoms with Crippen molar-refractivity contribution in [1.29, 1.82) is 0 Å². The second kappa shape index (κ2) is 2.47. The van der Waals surface area contributed by atoms with E-state index in [1.807, 2.05) is 0 Å². The van der Waals surface area contributed by atoms with Gasteiger partial charge in [-0.15, -0.1) is 0 Å². The second-order valence-electron chi connectivity index (χ2n) is 1.63. The van der Waals surface area contributed by atoms with Gasteiger partial charge in [0, 0.05) is 0 Å². The van der Waals surface area contributed by atoms with Gasteiger partial charge < -0.3 is 0 Å². The normalized spacial score (nSPS) is 8.78. The molecule has 0 N–H and O–H groups in total. The molecule has 0 saturated carbocycles. The zero-order valence-corrected chi connectivity index (χ0v) is 4.69. The summed E-state index contributed by atoms with van der Waals surface area (Å²) in [6.07, 6.45) is 6.64. The van der Waals surface area contributed by atoms with Gasteiger partial charge in [-0.1, -0.05) is 0 Å². The predicted octanol–water partition coefficient (Wildman–Crippen LogP) is 1.76. The van der Waals surface area contributed by atoms with Crippen LogP contribution in [0.2, 0.25) is 0 Å². The maximum absolute atomic E-state index is 12.1. The molecule has 1 rings (SSSR count). The van der Waals surface area contributed by atoms with Gasteiger partial charge in [-0.05, 0) is 0 Å². The number of benzene rings is 1. The average Bonchev–Trinajstić information content (AvgIpc) is 1.90. The van der Waals surface area contributed by atoms with Gasteiger partial charge >= 0.3 is 52.4 Å². The van der Waals surface area contributed by atoms with Crippen molar-refractivity contribution < 1.29 is 4.39 Å². The molecule has 0 spiro atoms. The Labute approximate surface area is 53.3 Å². The van der Waals surface area contributed by atoms with E-state index in [9.17, 15) is 4.39 Å². The Bertz CT molecular complexity index is 228. The standard InChI is InChI=1S/C8H4F/c1-2-7-3-5-8(9)6-4-7/h3-6H/q+1. The fraction of sp³-hybridized carbons (Fsp3) is 0. The van der Waals surface area contributed by atoms with Crippen molar-refractivity contribution in [2.45, 2.75) is 0 Å². The molecule has 42 valence electrons. The Hall–Kier alpha value is -1.07. The van der Waals surface area contributed by atoms with E-state index in [2.05, 4.69) is 5.92 Å². The molecule has 0 nitrogen and oxygen atoms in total. The molecule has 0 heterocycles. The van der Waals surface area contributed by atoms with E-state index < -0.39 is 0 Å². The van der Waals surface area contributed by atoms with Crippen LogP contribution in [0.4, 0.5) is 4.39 Å². The van der Waals surface area contributed by atoms with Crippen molar-refractivity contribution in [2.24, 2.45) is 0 Å². The Morgan fingerprint density at radius 3 is 2.22 bits per heavy atom. The van der Waals surface area contributed by atoms with Crippen LogP contribution in [-0.4, -0.2) is 0 Å². The van der Waals surface area contributed by atoms with E-state index in [-0.39, 0.29) is 5.82 Å². The van der Waals surface area contributed by atoms with Crippen molar-refractivity contribution in [1.82, 2.24) is 0 Å². The Morgan fingerprint density at radius 2 is 1.78 bits per heavy atom. The summed E-state index contributed by atoms with van der Waals surface area (Å²) in [6.45, 7) is 0. The van der Waals surface area contributed by atoms with Gasteiger partial charge in [0.1, 0.15) is 0 Å². The van der Waals surface area contributed by atoms with Gasteiger partial charge in [-0.2, -0.15) is 0 Å². The molecule has 0 aliphatic heterocycles. The molecular weight excluding hydrogens is 115 g/mol. The van der Waals surface area contributed by atoms with Crippen LogP contribution in [0.15, 0.2) is 24.3 Å². The van der Waals surface area contributed by atoms with Gasteiger partial charge in [-0.3, -0.25) is 0 Å². The van der Waals surface area contributed by atoms with Crippen molar-refractivity contribution in [2.75, 3.05) is 0 Å². The summed E-state index contributed by atoms with van der Waals surface area (Å²) >= 11 is 0. The molecule has 0 fully saturated rings. The quantitative estimate of drug-likeness (QED) is 0.360. The van der Waals surface area contributed by atoms with Gasteiger partial charge in [-0.25, -0.2) is 0 Å². The fourth-order valence-electron chi connectivity index (χ4n) is 0.533. The second-order valence-corrected chi connectivity index (χ2v) is 1.63. The van der Waals surface area contributed by atoms with Crippen LogP contribution in [0.5, 0.6) is 0 Å². The predicted molar refractivity (Wildman–Crippen MR) is 32.6 cm³/mol. The van der Waals surface area contributed by atoms with Gasteiger partial charge in [0.25, 0.3) is 0 Å². The third kappa shape index (κ3) is 1.41. The molecule has 1 heteroatoms. The summed E-state index contributed by atoms with van der Waals surface area (Å²) in [7, 11) is 0. The monoisotopic (exact) mass is 119 g/mol. The molecule has 0 aliphatic carbocycles. The van der Waals surface area contributed by atoms with E-state index >= 15 is 0 Å². The third-order valence-corrected chi connectivity index (χ3v) is 0.989. The van der Waals surface area contributed by atoms with E-state index in [4.69, 9.17) is 6.42 Å². The van der Waals surface area contributed by atoms with Crippen molar-refractivity contribution in [3.8, 4) is 5.92 Å². The first-order valence-electron chi connectivity index (χ1n) is 2.51. The fourth-order valence-corrected chi connectivity index (χ4v) is 0.533. The Balaban J connectivity index is 3.06. The summed E-state index contributed by atoms with van der Waals surface area (Å²) in [4.78, 5) is 0. The molecule has 0 radical (unpaired) electrons. The number of rotatable bonds is 0. The molecule has 9 heavy (non-hydrogen) atoms. The van der Waals surface area contributed by atoms with Crippen LogP contribution >= 0.6 is 0 Å². The van der Waals surface area contributed by atoms with Crippen LogP contribution in [-0.2, 0) is 0 Å². The van der Waals surface area contributed by atoms with Crippen molar-refractivity contribution in [3.63, 3.8) is 0 Å². The van der Waals surface area contributed by atoms with E-state index in [0.29, 0.717) is 5.56 Å². The van der Waals surface area contributed by atoms with Gasteiger partial charge in [0.15, 0.2) is 0 Å². The molecule has 0 unspecified atom stereocenters. The number of hydrogen-bond donors (Lipinski definition) is 0. The molecular formula is C8H4F+. The molecule has 0 aromatic heterocycles. The average molecular weight is 119 g/mol. The summed E-state index contributed by atoms with van der Waals surface area (Å²) in [5, 5.41) is 0. The minimum absolute atomic E-state index is 0.283. The summed E-state index contributed by atoms with van der Waals surface area (Å²) < 4.78 is 12.1. The summed E-state index contributed by atoms with van der Waals surface area (Å²) in [6, 6.07) is 5.61. The first-order valence-corrected chi connectivity index (χ1v) is 2.51. The molecule has 0 atom stereocenters. The zero-order valence-electron chi connectivity index (χ0n) is 4.69. The third-order valence-electron chi connectivity index (χ3n) is 0.989. The molecule has 0 saturated heterocycles. The maximum atomic E-state index is 12.1. The Kier molecular flexibility index (Phi) is 1.66. The molecule has 0 amide bonds. The van der Waals surface area contributed by atoms with Crippen LogP contribution < -0.4 is 0 Å². The zero-order chi connectivity index (χ0) is 6.69.